The minimum atomic E-state index is -0.185. The molecule has 0 radical (unpaired) electrons. The van der Waals surface area contributed by atoms with Gasteiger partial charge in [0.25, 0.3) is 0 Å². The summed E-state index contributed by atoms with van der Waals surface area (Å²) in [4.78, 5) is 4.22. The number of aliphatic hydroxyl groups is 1. The Labute approximate surface area is 111 Å². The molecule has 1 heterocycles. The number of benzene rings is 1. The summed E-state index contributed by atoms with van der Waals surface area (Å²) in [6, 6.07) is 7.51. The highest BCUT2D eigenvalue weighted by atomic mass is 16.5. The summed E-state index contributed by atoms with van der Waals surface area (Å²) in [6.45, 7) is 2.30. The number of anilines is 1. The Hall–Kier alpha value is -1.92. The molecule has 0 aliphatic heterocycles. The fraction of sp³-hybridized carbons (Fsp3) is 0.385. The van der Waals surface area contributed by atoms with Gasteiger partial charge >= 0.3 is 0 Å². The highest BCUT2D eigenvalue weighted by Gasteiger charge is 2.12. The number of hydrogen-bond acceptors (Lipinski definition) is 6. The van der Waals surface area contributed by atoms with E-state index in [0.717, 1.165) is 11.3 Å². The lowest BCUT2D eigenvalue weighted by atomic mass is 10.2. The fourth-order valence-corrected chi connectivity index (χ4v) is 1.57. The predicted molar refractivity (Wildman–Crippen MR) is 69.4 cm³/mol. The number of nitrogens with one attached hydrogen (secondary N) is 1. The van der Waals surface area contributed by atoms with Gasteiger partial charge in [0.1, 0.15) is 6.10 Å². The first-order valence-corrected chi connectivity index (χ1v) is 6.02. The predicted octanol–water partition coefficient (Wildman–Crippen LogP) is 1.88. The molecular formula is C13H17N3O3. The molecule has 102 valence electrons. The normalized spacial score (nSPS) is 12.4. The molecular weight excluding hydrogens is 246 g/mol. The average molecular weight is 263 g/mol. The average Bonchev–Trinajstić information content (AvgIpc) is 2.93. The molecule has 0 unspecified atom stereocenters. The second kappa shape index (κ2) is 6.31. The van der Waals surface area contributed by atoms with Crippen LogP contribution in [-0.4, -0.2) is 22.4 Å². The summed E-state index contributed by atoms with van der Waals surface area (Å²) >= 11 is 0. The minimum absolute atomic E-state index is 0.0194. The Morgan fingerprint density at radius 1 is 1.47 bits per heavy atom. The summed E-state index contributed by atoms with van der Waals surface area (Å²) in [5.41, 5.74) is 1.75. The largest absolute Gasteiger partial charge is 0.392 e. The molecule has 0 amide bonds. The standard InChI is InChI=1S/C13H17N3O3/c1-9(18-2)13-15-12(19-16-13)7-14-11-5-3-4-10(6-11)8-17/h3-6,9,14,17H,7-8H2,1-2H3/t9-/m0/s1. The molecule has 19 heavy (non-hydrogen) atoms. The van der Waals surface area contributed by atoms with Crippen LogP contribution >= 0.6 is 0 Å². The van der Waals surface area contributed by atoms with Gasteiger partial charge < -0.3 is 19.7 Å². The maximum absolute atomic E-state index is 9.06. The Morgan fingerprint density at radius 2 is 2.32 bits per heavy atom. The highest BCUT2D eigenvalue weighted by molar-refractivity contribution is 5.45. The van der Waals surface area contributed by atoms with Gasteiger partial charge in [-0.3, -0.25) is 0 Å². The van der Waals surface area contributed by atoms with Crippen LogP contribution in [0.4, 0.5) is 5.69 Å². The molecule has 0 spiro atoms. The third-order valence-corrected chi connectivity index (χ3v) is 2.75. The van der Waals surface area contributed by atoms with E-state index in [9.17, 15) is 0 Å². The van der Waals surface area contributed by atoms with Gasteiger partial charge in [0.05, 0.1) is 13.2 Å². The van der Waals surface area contributed by atoms with Crippen LogP contribution in [-0.2, 0) is 17.9 Å². The molecule has 0 aliphatic rings. The molecule has 2 N–H and O–H groups in total. The molecule has 1 atom stereocenters. The molecule has 2 aromatic rings. The van der Waals surface area contributed by atoms with Crippen LogP contribution in [0.5, 0.6) is 0 Å². The second-order valence-corrected chi connectivity index (χ2v) is 4.14. The molecule has 6 nitrogen and oxygen atoms in total. The summed E-state index contributed by atoms with van der Waals surface area (Å²) in [7, 11) is 1.60. The van der Waals surface area contributed by atoms with Crippen molar-refractivity contribution in [3.8, 4) is 0 Å². The first-order valence-electron chi connectivity index (χ1n) is 6.02. The van der Waals surface area contributed by atoms with Gasteiger partial charge in [-0.2, -0.15) is 4.98 Å². The van der Waals surface area contributed by atoms with Crippen LogP contribution in [0.2, 0.25) is 0 Å². The smallest absolute Gasteiger partial charge is 0.246 e. The third-order valence-electron chi connectivity index (χ3n) is 2.75. The zero-order valence-corrected chi connectivity index (χ0v) is 11.0. The fourth-order valence-electron chi connectivity index (χ4n) is 1.57. The zero-order valence-electron chi connectivity index (χ0n) is 11.0. The summed E-state index contributed by atoms with van der Waals surface area (Å²) in [5, 5.41) is 16.1. The van der Waals surface area contributed by atoms with E-state index in [1.165, 1.54) is 0 Å². The first kappa shape index (κ1) is 13.5. The Morgan fingerprint density at radius 3 is 3.05 bits per heavy atom. The van der Waals surface area contributed by atoms with Crippen molar-refractivity contribution < 1.29 is 14.4 Å². The maximum atomic E-state index is 9.06. The monoisotopic (exact) mass is 263 g/mol. The van der Waals surface area contributed by atoms with E-state index >= 15 is 0 Å². The van der Waals surface area contributed by atoms with Crippen molar-refractivity contribution >= 4 is 5.69 Å². The van der Waals surface area contributed by atoms with Crippen LogP contribution in [0, 0.1) is 0 Å². The van der Waals surface area contributed by atoms with Gasteiger partial charge in [-0.1, -0.05) is 17.3 Å². The van der Waals surface area contributed by atoms with E-state index in [1.54, 1.807) is 7.11 Å². The van der Waals surface area contributed by atoms with Gasteiger partial charge in [-0.15, -0.1) is 0 Å². The molecule has 0 saturated heterocycles. The molecule has 0 aliphatic carbocycles. The van der Waals surface area contributed by atoms with Crippen LogP contribution in [0.3, 0.4) is 0 Å². The van der Waals surface area contributed by atoms with Crippen molar-refractivity contribution in [1.29, 1.82) is 0 Å². The van der Waals surface area contributed by atoms with Gasteiger partial charge in [-0.05, 0) is 24.6 Å². The zero-order chi connectivity index (χ0) is 13.7. The number of ether oxygens (including phenoxy) is 1. The maximum Gasteiger partial charge on any atom is 0.246 e. The van der Waals surface area contributed by atoms with Crippen LogP contribution in [0.1, 0.15) is 30.3 Å². The van der Waals surface area contributed by atoms with Crippen molar-refractivity contribution in [2.75, 3.05) is 12.4 Å². The van der Waals surface area contributed by atoms with E-state index in [4.69, 9.17) is 14.4 Å². The third kappa shape index (κ3) is 3.52. The van der Waals surface area contributed by atoms with Crippen molar-refractivity contribution in [2.24, 2.45) is 0 Å². The van der Waals surface area contributed by atoms with Gasteiger partial charge in [0.2, 0.25) is 5.89 Å². The Balaban J connectivity index is 1.96. The molecule has 0 fully saturated rings. The van der Waals surface area contributed by atoms with Gasteiger partial charge in [-0.25, -0.2) is 0 Å². The molecule has 6 heteroatoms. The van der Waals surface area contributed by atoms with Crippen LogP contribution < -0.4 is 5.32 Å². The van der Waals surface area contributed by atoms with E-state index in [2.05, 4.69) is 15.5 Å². The second-order valence-electron chi connectivity index (χ2n) is 4.14. The number of aromatic nitrogens is 2. The van der Waals surface area contributed by atoms with Crippen LogP contribution in [0.15, 0.2) is 28.8 Å². The van der Waals surface area contributed by atoms with Crippen molar-refractivity contribution in [2.45, 2.75) is 26.2 Å². The number of hydrogen-bond donors (Lipinski definition) is 2. The lowest BCUT2D eigenvalue weighted by Crippen LogP contribution is -2.02. The Bertz CT molecular complexity index is 527. The lowest BCUT2D eigenvalue weighted by Gasteiger charge is -2.04. The lowest BCUT2D eigenvalue weighted by molar-refractivity contribution is 0.109. The topological polar surface area (TPSA) is 80.4 Å². The van der Waals surface area contributed by atoms with E-state index in [-0.39, 0.29) is 12.7 Å². The van der Waals surface area contributed by atoms with E-state index in [0.29, 0.717) is 18.3 Å². The molecule has 0 bridgehead atoms. The van der Waals surface area contributed by atoms with Crippen molar-refractivity contribution in [3.63, 3.8) is 0 Å². The number of aliphatic hydroxyl groups excluding tert-OH is 1. The van der Waals surface area contributed by atoms with Gasteiger partial charge in [0, 0.05) is 12.8 Å². The quantitative estimate of drug-likeness (QED) is 0.828. The molecule has 1 aromatic carbocycles. The molecule has 2 rings (SSSR count). The van der Waals surface area contributed by atoms with Gasteiger partial charge in [0.15, 0.2) is 5.82 Å². The van der Waals surface area contributed by atoms with E-state index < -0.39 is 0 Å². The Kier molecular flexibility index (Phi) is 4.48. The first-order chi connectivity index (χ1) is 9.22. The van der Waals surface area contributed by atoms with Crippen molar-refractivity contribution in [3.05, 3.63) is 41.5 Å². The summed E-state index contributed by atoms with van der Waals surface area (Å²) in [5.74, 6) is 1.02. The minimum Gasteiger partial charge on any atom is -0.392 e. The number of methoxy groups -OCH3 is 1. The van der Waals surface area contributed by atoms with Crippen molar-refractivity contribution in [1.82, 2.24) is 10.1 Å². The molecule has 1 aromatic heterocycles. The molecule has 0 saturated carbocycles. The summed E-state index contributed by atoms with van der Waals surface area (Å²) < 4.78 is 10.2. The van der Waals surface area contributed by atoms with Crippen LogP contribution in [0.25, 0.3) is 0 Å². The number of nitrogens with zero attached hydrogens (tertiary/aromatic N) is 2. The van der Waals surface area contributed by atoms with E-state index in [1.807, 2.05) is 31.2 Å². The highest BCUT2D eigenvalue weighted by Crippen LogP contribution is 2.14. The summed E-state index contributed by atoms with van der Waals surface area (Å²) in [6.07, 6.45) is -0.185. The SMILES string of the molecule is CO[C@@H](C)c1noc(CNc2cccc(CO)c2)n1. The number of rotatable bonds is 6.